The van der Waals surface area contributed by atoms with Gasteiger partial charge in [-0.1, -0.05) is 12.1 Å². The fraction of sp³-hybridized carbons (Fsp3) is 0.286. The molecule has 2 aromatic rings. The van der Waals surface area contributed by atoms with Crippen LogP contribution in [0.5, 0.6) is 0 Å². The molecule has 0 radical (unpaired) electrons. The van der Waals surface area contributed by atoms with Crippen molar-refractivity contribution in [2.75, 3.05) is 19.7 Å². The molecule has 1 fully saturated rings. The predicted molar refractivity (Wildman–Crippen MR) is 71.0 cm³/mol. The number of pyridine rings is 1. The Labute approximate surface area is 109 Å². The quantitative estimate of drug-likeness (QED) is 0.828. The molecule has 1 aliphatic heterocycles. The molecule has 0 spiro atoms. The first-order chi connectivity index (χ1) is 9.19. The van der Waals surface area contributed by atoms with Gasteiger partial charge >= 0.3 is 0 Å². The molecule has 2 heterocycles. The van der Waals surface area contributed by atoms with Crippen LogP contribution in [0.2, 0.25) is 0 Å². The maximum absolute atomic E-state index is 12.2. The number of hydrogen-bond donors (Lipinski definition) is 2. The van der Waals surface area contributed by atoms with E-state index < -0.39 is 0 Å². The first-order valence-corrected chi connectivity index (χ1v) is 6.21. The summed E-state index contributed by atoms with van der Waals surface area (Å²) in [7, 11) is 0. The zero-order valence-electron chi connectivity index (χ0n) is 10.3. The number of H-pyrrole nitrogens is 1. The smallest absolute Gasteiger partial charge is 0.270 e. The molecule has 0 bridgehead atoms. The number of para-hydroxylation sites is 1. The van der Waals surface area contributed by atoms with E-state index in [0.29, 0.717) is 29.7 Å². The van der Waals surface area contributed by atoms with Crippen LogP contribution in [0.4, 0.5) is 0 Å². The van der Waals surface area contributed by atoms with Crippen molar-refractivity contribution >= 4 is 16.8 Å². The Morgan fingerprint density at radius 3 is 2.84 bits per heavy atom. The number of fused-ring (bicyclic) bond motifs is 1. The molecule has 1 saturated heterocycles. The number of carbonyl (C=O) groups is 1. The van der Waals surface area contributed by atoms with E-state index in [2.05, 4.69) is 4.98 Å². The second-order valence-electron chi connectivity index (χ2n) is 4.85. The topological polar surface area (TPSA) is 73.4 Å². The van der Waals surface area contributed by atoms with Gasteiger partial charge in [0.15, 0.2) is 5.43 Å². The second-order valence-corrected chi connectivity index (χ2v) is 4.85. The summed E-state index contributed by atoms with van der Waals surface area (Å²) < 4.78 is 0. The summed E-state index contributed by atoms with van der Waals surface area (Å²) in [6, 6.07) is 8.46. The third kappa shape index (κ3) is 2.02. The summed E-state index contributed by atoms with van der Waals surface area (Å²) in [5.41, 5.74) is 0.814. The monoisotopic (exact) mass is 258 g/mol. The van der Waals surface area contributed by atoms with Crippen LogP contribution in [0.15, 0.2) is 35.1 Å². The number of aromatic amines is 1. The normalized spacial score (nSPS) is 15.5. The van der Waals surface area contributed by atoms with Gasteiger partial charge in [-0.25, -0.2) is 0 Å². The minimum absolute atomic E-state index is 0.0953. The number of nitrogens with one attached hydrogen (secondary N) is 1. The number of likely N-dealkylation sites (tertiary alicyclic amines) is 1. The number of rotatable bonds is 2. The summed E-state index contributed by atoms with van der Waals surface area (Å²) in [6.45, 7) is 1.19. The van der Waals surface area contributed by atoms with Crippen molar-refractivity contribution in [1.29, 1.82) is 0 Å². The van der Waals surface area contributed by atoms with Crippen LogP contribution < -0.4 is 5.43 Å². The van der Waals surface area contributed by atoms with E-state index in [1.807, 2.05) is 6.07 Å². The summed E-state index contributed by atoms with van der Waals surface area (Å²) in [5, 5.41) is 9.53. The first-order valence-electron chi connectivity index (χ1n) is 6.21. The molecule has 0 aliphatic carbocycles. The Bertz CT molecular complexity index is 686. The average Bonchev–Trinajstić information content (AvgIpc) is 2.37. The van der Waals surface area contributed by atoms with Crippen molar-refractivity contribution in [2.45, 2.75) is 0 Å². The lowest BCUT2D eigenvalue weighted by atomic mass is 10.0. The van der Waals surface area contributed by atoms with Gasteiger partial charge in [0.25, 0.3) is 5.91 Å². The molecule has 2 N–H and O–H groups in total. The third-order valence-electron chi connectivity index (χ3n) is 3.47. The number of aliphatic hydroxyl groups is 1. The lowest BCUT2D eigenvalue weighted by Crippen LogP contribution is -2.51. The SMILES string of the molecule is O=C(c1cc(=O)c2ccccc2[nH]1)N1CC(CO)C1. The van der Waals surface area contributed by atoms with Crippen LogP contribution in [0.3, 0.4) is 0 Å². The van der Waals surface area contributed by atoms with Gasteiger partial charge in [-0.2, -0.15) is 0 Å². The average molecular weight is 258 g/mol. The highest BCUT2D eigenvalue weighted by Crippen LogP contribution is 2.17. The zero-order chi connectivity index (χ0) is 13.4. The second kappa shape index (κ2) is 4.51. The lowest BCUT2D eigenvalue weighted by Gasteiger charge is -2.38. The number of hydrogen-bond acceptors (Lipinski definition) is 3. The number of amides is 1. The molecule has 98 valence electrons. The molecule has 0 atom stereocenters. The van der Waals surface area contributed by atoms with Crippen LogP contribution in [0, 0.1) is 5.92 Å². The van der Waals surface area contributed by atoms with Crippen molar-refractivity contribution in [1.82, 2.24) is 9.88 Å². The number of carbonyl (C=O) groups excluding carboxylic acids is 1. The molecule has 1 amide bonds. The highest BCUT2D eigenvalue weighted by Gasteiger charge is 2.31. The van der Waals surface area contributed by atoms with Gasteiger partial charge in [0.1, 0.15) is 5.69 Å². The summed E-state index contributed by atoms with van der Waals surface area (Å²) >= 11 is 0. The molecular formula is C14H14N2O3. The van der Waals surface area contributed by atoms with Crippen molar-refractivity contribution in [3.63, 3.8) is 0 Å². The molecule has 5 heteroatoms. The maximum Gasteiger partial charge on any atom is 0.270 e. The molecule has 0 saturated carbocycles. The standard InChI is InChI=1S/C14H14N2O3/c17-8-9-6-16(7-9)14(19)12-5-13(18)10-3-1-2-4-11(10)15-12/h1-5,9,17H,6-8H2,(H,15,18). The van der Waals surface area contributed by atoms with Crippen LogP contribution in [0.1, 0.15) is 10.5 Å². The Kier molecular flexibility index (Phi) is 2.83. The number of aliphatic hydroxyl groups excluding tert-OH is 1. The Morgan fingerprint density at radius 2 is 2.11 bits per heavy atom. The number of nitrogens with zero attached hydrogens (tertiary/aromatic N) is 1. The van der Waals surface area contributed by atoms with E-state index in [0.717, 1.165) is 0 Å². The first kappa shape index (κ1) is 11.9. The van der Waals surface area contributed by atoms with Crippen molar-refractivity contribution in [2.24, 2.45) is 5.92 Å². The summed E-state index contributed by atoms with van der Waals surface area (Å²) in [6.07, 6.45) is 0. The molecule has 0 unspecified atom stereocenters. The zero-order valence-corrected chi connectivity index (χ0v) is 10.3. The van der Waals surface area contributed by atoms with Gasteiger partial charge in [-0.15, -0.1) is 0 Å². The minimum atomic E-state index is -0.187. The summed E-state index contributed by atoms with van der Waals surface area (Å²) in [4.78, 5) is 28.7. The number of benzene rings is 1. The van der Waals surface area contributed by atoms with Gasteiger partial charge < -0.3 is 15.0 Å². The largest absolute Gasteiger partial charge is 0.396 e. The van der Waals surface area contributed by atoms with Crippen molar-refractivity contribution in [3.8, 4) is 0 Å². The Balaban J connectivity index is 1.93. The Morgan fingerprint density at radius 1 is 1.37 bits per heavy atom. The van der Waals surface area contributed by atoms with E-state index in [4.69, 9.17) is 5.11 Å². The van der Waals surface area contributed by atoms with E-state index in [-0.39, 0.29) is 23.9 Å². The van der Waals surface area contributed by atoms with Crippen LogP contribution in [0.25, 0.3) is 10.9 Å². The van der Waals surface area contributed by atoms with Crippen molar-refractivity contribution < 1.29 is 9.90 Å². The lowest BCUT2D eigenvalue weighted by molar-refractivity contribution is 0.0357. The van der Waals surface area contributed by atoms with Crippen molar-refractivity contribution in [3.05, 3.63) is 46.2 Å². The molecule has 1 aliphatic rings. The summed E-state index contributed by atoms with van der Waals surface area (Å²) in [5.74, 6) is -0.0244. The fourth-order valence-electron chi connectivity index (χ4n) is 2.33. The van der Waals surface area contributed by atoms with Gasteiger partial charge in [0.2, 0.25) is 0 Å². The predicted octanol–water partition coefficient (Wildman–Crippen LogP) is 0.592. The van der Waals surface area contributed by atoms with E-state index in [1.54, 1.807) is 23.1 Å². The molecule has 3 rings (SSSR count). The van der Waals surface area contributed by atoms with E-state index in [1.165, 1.54) is 6.07 Å². The van der Waals surface area contributed by atoms with Crippen LogP contribution in [-0.2, 0) is 0 Å². The highest BCUT2D eigenvalue weighted by atomic mass is 16.3. The van der Waals surface area contributed by atoms with Crippen LogP contribution in [-0.4, -0.2) is 40.6 Å². The van der Waals surface area contributed by atoms with Gasteiger partial charge in [-0.3, -0.25) is 9.59 Å². The third-order valence-corrected chi connectivity index (χ3v) is 3.47. The molecular weight excluding hydrogens is 244 g/mol. The molecule has 5 nitrogen and oxygen atoms in total. The molecule has 1 aromatic heterocycles. The number of aromatic nitrogens is 1. The van der Waals surface area contributed by atoms with Crippen LogP contribution >= 0.6 is 0 Å². The van der Waals surface area contributed by atoms with E-state index in [9.17, 15) is 9.59 Å². The van der Waals surface area contributed by atoms with E-state index >= 15 is 0 Å². The molecule has 19 heavy (non-hydrogen) atoms. The Hall–Kier alpha value is -2.14. The fourth-order valence-corrected chi connectivity index (χ4v) is 2.33. The van der Waals surface area contributed by atoms with Gasteiger partial charge in [0.05, 0.1) is 0 Å². The maximum atomic E-state index is 12.2. The molecule has 1 aromatic carbocycles. The highest BCUT2D eigenvalue weighted by molar-refractivity contribution is 5.95. The van der Waals surface area contributed by atoms with Gasteiger partial charge in [-0.05, 0) is 12.1 Å². The van der Waals surface area contributed by atoms with Gasteiger partial charge in [0, 0.05) is 42.6 Å². The minimum Gasteiger partial charge on any atom is -0.396 e.